The highest BCUT2D eigenvalue weighted by Crippen LogP contribution is 2.45. The Morgan fingerprint density at radius 3 is 2.86 bits per heavy atom. The first kappa shape index (κ1) is 9.74. The van der Waals surface area contributed by atoms with Crippen LogP contribution in [0.4, 0.5) is 11.4 Å². The van der Waals surface area contributed by atoms with E-state index in [-0.39, 0.29) is 0 Å². The van der Waals surface area contributed by atoms with Gasteiger partial charge in [0.1, 0.15) is 12.3 Å². The van der Waals surface area contributed by atoms with Crippen LogP contribution < -0.4 is 15.4 Å². The van der Waals surface area contributed by atoms with Crippen LogP contribution in [-0.4, -0.2) is 20.2 Å². The number of benzene rings is 1. The van der Waals surface area contributed by atoms with Gasteiger partial charge >= 0.3 is 0 Å². The Morgan fingerprint density at radius 1 is 1.43 bits per heavy atom. The Balaban J connectivity index is 2.66. The minimum Gasteiger partial charge on any atom is -0.487 e. The molecule has 0 fully saturated rings. The lowest BCUT2D eigenvalue weighted by Gasteiger charge is -2.29. The first-order valence-corrected chi connectivity index (χ1v) is 4.98. The third kappa shape index (κ3) is 1.37. The molecule has 0 radical (unpaired) electrons. The van der Waals surface area contributed by atoms with Crippen molar-refractivity contribution in [1.29, 1.82) is 0 Å². The number of nitrogen functional groups attached to an aromatic ring is 1. The summed E-state index contributed by atoms with van der Waals surface area (Å²) in [5.41, 5.74) is 7.07. The summed E-state index contributed by atoms with van der Waals surface area (Å²) in [5, 5.41) is 1.01. The molecule has 0 aliphatic carbocycles. The fourth-order valence-electron chi connectivity index (χ4n) is 1.50. The van der Waals surface area contributed by atoms with E-state index < -0.39 is 0 Å². The Bertz CT molecular complexity index is 382. The van der Waals surface area contributed by atoms with Crippen LogP contribution >= 0.6 is 23.2 Å². The zero-order chi connectivity index (χ0) is 10.3. The Morgan fingerprint density at radius 2 is 2.14 bits per heavy atom. The highest BCUT2D eigenvalue weighted by molar-refractivity contribution is 6.38. The van der Waals surface area contributed by atoms with Crippen LogP contribution in [0.25, 0.3) is 0 Å². The van der Waals surface area contributed by atoms with Gasteiger partial charge in [-0.15, -0.1) is 0 Å². The van der Waals surface area contributed by atoms with Gasteiger partial charge in [0.15, 0.2) is 5.75 Å². The van der Waals surface area contributed by atoms with Crippen molar-refractivity contribution in [3.63, 3.8) is 0 Å². The summed E-state index contributed by atoms with van der Waals surface area (Å²) >= 11 is 11.9. The van der Waals surface area contributed by atoms with Crippen LogP contribution in [0.3, 0.4) is 0 Å². The number of fused-ring (bicyclic) bond motifs is 1. The number of anilines is 2. The van der Waals surface area contributed by atoms with Crippen molar-refractivity contribution in [2.75, 3.05) is 30.8 Å². The molecule has 0 atom stereocenters. The van der Waals surface area contributed by atoms with Crippen molar-refractivity contribution in [2.45, 2.75) is 0 Å². The zero-order valence-electron chi connectivity index (χ0n) is 7.68. The lowest BCUT2D eigenvalue weighted by Crippen LogP contribution is -2.29. The lowest BCUT2D eigenvalue weighted by molar-refractivity contribution is 0.313. The minimum absolute atomic E-state index is 0.434. The molecule has 2 rings (SSSR count). The number of likely N-dealkylation sites (N-methyl/N-ethyl adjacent to an activating group) is 1. The Kier molecular flexibility index (Phi) is 2.37. The van der Waals surface area contributed by atoms with E-state index in [2.05, 4.69) is 0 Å². The minimum atomic E-state index is 0.434. The molecule has 3 nitrogen and oxygen atoms in total. The van der Waals surface area contributed by atoms with Gasteiger partial charge in [-0.05, 0) is 6.07 Å². The second kappa shape index (κ2) is 3.41. The monoisotopic (exact) mass is 232 g/mol. The summed E-state index contributed by atoms with van der Waals surface area (Å²) in [7, 11) is 1.95. The predicted octanol–water partition coefficient (Wildman–Crippen LogP) is 2.40. The standard InChI is InChI=1S/C9H10Cl2N2O/c1-13-2-3-14-9-7(12)5(10)4-6(11)8(9)13/h4H,2-3,12H2,1H3. The van der Waals surface area contributed by atoms with Gasteiger partial charge in [0.25, 0.3) is 0 Å². The number of rotatable bonds is 0. The van der Waals surface area contributed by atoms with E-state index in [9.17, 15) is 0 Å². The molecule has 0 aromatic heterocycles. The second-order valence-corrected chi connectivity index (χ2v) is 4.02. The molecule has 0 saturated heterocycles. The summed E-state index contributed by atoms with van der Waals surface area (Å²) in [6.07, 6.45) is 0. The molecule has 1 heterocycles. The average Bonchev–Trinajstić information content (AvgIpc) is 2.14. The van der Waals surface area contributed by atoms with Crippen molar-refractivity contribution >= 4 is 34.6 Å². The van der Waals surface area contributed by atoms with E-state index in [0.29, 0.717) is 28.1 Å². The molecule has 1 aromatic rings. The van der Waals surface area contributed by atoms with E-state index in [1.165, 1.54) is 0 Å². The van der Waals surface area contributed by atoms with Gasteiger partial charge in [-0.3, -0.25) is 0 Å². The molecule has 0 saturated carbocycles. The van der Waals surface area contributed by atoms with Crippen molar-refractivity contribution in [2.24, 2.45) is 0 Å². The fraction of sp³-hybridized carbons (Fsp3) is 0.333. The zero-order valence-corrected chi connectivity index (χ0v) is 9.19. The molecule has 0 amide bonds. The quantitative estimate of drug-likeness (QED) is 0.699. The Labute approximate surface area is 92.3 Å². The number of nitrogens with two attached hydrogens (primary N) is 1. The van der Waals surface area contributed by atoms with Gasteiger partial charge in [-0.25, -0.2) is 0 Å². The van der Waals surface area contributed by atoms with Crippen molar-refractivity contribution in [1.82, 2.24) is 0 Å². The van der Waals surface area contributed by atoms with Crippen LogP contribution in [0.5, 0.6) is 5.75 Å². The second-order valence-electron chi connectivity index (χ2n) is 3.20. The molecule has 1 aromatic carbocycles. The summed E-state index contributed by atoms with van der Waals surface area (Å²) in [5.74, 6) is 0.594. The largest absolute Gasteiger partial charge is 0.487 e. The van der Waals surface area contributed by atoms with Crippen LogP contribution in [0.1, 0.15) is 0 Å². The predicted molar refractivity (Wildman–Crippen MR) is 59.6 cm³/mol. The van der Waals surface area contributed by atoms with E-state index in [0.717, 1.165) is 12.2 Å². The smallest absolute Gasteiger partial charge is 0.168 e. The van der Waals surface area contributed by atoms with Crippen LogP contribution in [0, 0.1) is 0 Å². The molecule has 0 spiro atoms. The maximum absolute atomic E-state index is 6.05. The van der Waals surface area contributed by atoms with E-state index >= 15 is 0 Å². The molecule has 1 aliphatic heterocycles. The summed E-state index contributed by atoms with van der Waals surface area (Å²) in [4.78, 5) is 2.01. The van der Waals surface area contributed by atoms with Crippen molar-refractivity contribution < 1.29 is 4.74 Å². The van der Waals surface area contributed by atoms with Crippen LogP contribution in [0.2, 0.25) is 10.0 Å². The molecule has 76 valence electrons. The molecule has 5 heteroatoms. The first-order chi connectivity index (χ1) is 6.61. The number of halogens is 2. The van der Waals surface area contributed by atoms with Gasteiger partial charge in [0.2, 0.25) is 0 Å². The van der Waals surface area contributed by atoms with E-state index in [1.54, 1.807) is 6.07 Å². The number of ether oxygens (including phenoxy) is 1. The van der Waals surface area contributed by atoms with Crippen molar-refractivity contribution in [3.05, 3.63) is 16.1 Å². The number of hydrogen-bond acceptors (Lipinski definition) is 3. The maximum Gasteiger partial charge on any atom is 0.168 e. The molecular weight excluding hydrogens is 223 g/mol. The lowest BCUT2D eigenvalue weighted by atomic mass is 10.2. The summed E-state index contributed by atoms with van der Waals surface area (Å²) in [6.45, 7) is 1.40. The highest BCUT2D eigenvalue weighted by atomic mass is 35.5. The van der Waals surface area contributed by atoms with Gasteiger partial charge in [-0.1, -0.05) is 23.2 Å². The maximum atomic E-state index is 6.05. The number of nitrogens with zero attached hydrogens (tertiary/aromatic N) is 1. The van der Waals surface area contributed by atoms with Crippen molar-refractivity contribution in [3.8, 4) is 5.75 Å². The summed E-state index contributed by atoms with van der Waals surface area (Å²) < 4.78 is 5.45. The third-order valence-corrected chi connectivity index (χ3v) is 2.85. The van der Waals surface area contributed by atoms with Gasteiger partial charge < -0.3 is 15.4 Å². The van der Waals surface area contributed by atoms with E-state index in [4.69, 9.17) is 33.7 Å². The summed E-state index contributed by atoms with van der Waals surface area (Å²) in [6, 6.07) is 1.64. The van der Waals surface area contributed by atoms with Gasteiger partial charge in [0, 0.05) is 7.05 Å². The SMILES string of the molecule is CN1CCOc2c(N)c(Cl)cc(Cl)c21. The fourth-order valence-corrected chi connectivity index (χ4v) is 2.09. The first-order valence-electron chi connectivity index (χ1n) is 4.22. The molecule has 14 heavy (non-hydrogen) atoms. The van der Waals surface area contributed by atoms with E-state index in [1.807, 2.05) is 11.9 Å². The Hall–Kier alpha value is -0.800. The van der Waals surface area contributed by atoms with Gasteiger partial charge in [0.05, 0.1) is 22.3 Å². The molecular formula is C9H10Cl2N2O. The topological polar surface area (TPSA) is 38.5 Å². The third-order valence-electron chi connectivity index (χ3n) is 2.25. The average molecular weight is 233 g/mol. The highest BCUT2D eigenvalue weighted by Gasteiger charge is 2.22. The van der Waals surface area contributed by atoms with Gasteiger partial charge in [-0.2, -0.15) is 0 Å². The molecule has 1 aliphatic rings. The normalized spacial score (nSPS) is 14.9. The molecule has 0 unspecified atom stereocenters. The van der Waals surface area contributed by atoms with Crippen LogP contribution in [0.15, 0.2) is 6.07 Å². The number of hydrogen-bond donors (Lipinski definition) is 1. The molecule has 2 N–H and O–H groups in total. The molecule has 0 bridgehead atoms. The van der Waals surface area contributed by atoms with Crippen LogP contribution in [-0.2, 0) is 0 Å².